The van der Waals surface area contributed by atoms with E-state index in [2.05, 4.69) is 10.5 Å². The number of nitrogens with one attached hydrogen (secondary N) is 1. The van der Waals surface area contributed by atoms with Crippen LogP contribution in [-0.2, 0) is 4.79 Å². The molecule has 1 N–H and O–H groups in total. The normalized spacial score (nSPS) is 11.1. The van der Waals surface area contributed by atoms with Crippen molar-refractivity contribution in [3.05, 3.63) is 93.7 Å². The highest BCUT2D eigenvalue weighted by atomic mass is 32.1. The monoisotopic (exact) mass is 334 g/mol. The summed E-state index contributed by atoms with van der Waals surface area (Å²) in [5.74, 6) is -0.521. The van der Waals surface area contributed by atoms with E-state index in [0.717, 1.165) is 21.6 Å². The summed E-state index contributed by atoms with van der Waals surface area (Å²) in [7, 11) is 0. The van der Waals surface area contributed by atoms with Crippen LogP contribution in [0.25, 0.3) is 0 Å². The summed E-state index contributed by atoms with van der Waals surface area (Å²) in [4.78, 5) is 13.8. The lowest BCUT2D eigenvalue weighted by molar-refractivity contribution is -0.121. The van der Waals surface area contributed by atoms with Gasteiger partial charge in [-0.05, 0) is 35.1 Å². The van der Waals surface area contributed by atoms with Crippen molar-refractivity contribution in [1.29, 1.82) is 0 Å². The summed E-state index contributed by atoms with van der Waals surface area (Å²) in [5, 5.41) is 6.14. The maximum Gasteiger partial charge on any atom is 0.252 e. The fraction of sp³-hybridized carbons (Fsp3) is 0.100. The molecule has 0 saturated carbocycles. The molecule has 24 heavy (non-hydrogen) atoms. The van der Waals surface area contributed by atoms with E-state index >= 15 is 0 Å². The van der Waals surface area contributed by atoms with Crippen LogP contribution in [0, 0.1) is 6.92 Å². The Hall–Kier alpha value is -2.72. The zero-order chi connectivity index (χ0) is 16.8. The maximum atomic E-state index is 12.7. The standard InChI is InChI=1S/C20H18N2OS/c1-15-12-13-24-18(15)14-21-22-20(23)19(16-8-4-2-5-9-16)17-10-6-3-7-11-17/h2-14,19H,1H3,(H,22,23)/b21-14-. The molecule has 4 heteroatoms. The van der Waals surface area contributed by atoms with Crippen LogP contribution in [0.4, 0.5) is 0 Å². The van der Waals surface area contributed by atoms with Crippen LogP contribution in [0.3, 0.4) is 0 Å². The first kappa shape index (κ1) is 16.1. The van der Waals surface area contributed by atoms with Crippen molar-refractivity contribution in [1.82, 2.24) is 5.43 Å². The third kappa shape index (κ3) is 3.78. The smallest absolute Gasteiger partial charge is 0.252 e. The fourth-order valence-electron chi connectivity index (χ4n) is 2.52. The van der Waals surface area contributed by atoms with Crippen LogP contribution < -0.4 is 5.43 Å². The van der Waals surface area contributed by atoms with Gasteiger partial charge in [0.2, 0.25) is 0 Å². The molecule has 0 atom stereocenters. The second kappa shape index (κ2) is 7.70. The van der Waals surface area contributed by atoms with E-state index in [9.17, 15) is 4.79 Å². The molecule has 0 aliphatic heterocycles. The quantitative estimate of drug-likeness (QED) is 0.547. The lowest BCUT2D eigenvalue weighted by Gasteiger charge is -2.16. The largest absolute Gasteiger partial charge is 0.272 e. The molecule has 3 rings (SSSR count). The third-order valence-electron chi connectivity index (χ3n) is 3.79. The molecular weight excluding hydrogens is 316 g/mol. The zero-order valence-corrected chi connectivity index (χ0v) is 14.2. The van der Waals surface area contributed by atoms with Crippen LogP contribution in [0.15, 0.2) is 77.2 Å². The summed E-state index contributed by atoms with van der Waals surface area (Å²) in [6.45, 7) is 2.02. The first-order chi connectivity index (χ1) is 11.8. The van der Waals surface area contributed by atoms with Gasteiger partial charge < -0.3 is 0 Å². The van der Waals surface area contributed by atoms with Gasteiger partial charge in [-0.1, -0.05) is 60.7 Å². The summed E-state index contributed by atoms with van der Waals surface area (Å²) in [6.07, 6.45) is 1.70. The van der Waals surface area contributed by atoms with Crippen molar-refractivity contribution >= 4 is 23.5 Å². The molecular formula is C20H18N2OS. The van der Waals surface area contributed by atoms with Gasteiger partial charge in [0, 0.05) is 4.88 Å². The van der Waals surface area contributed by atoms with Gasteiger partial charge in [-0.25, -0.2) is 5.43 Å². The van der Waals surface area contributed by atoms with Gasteiger partial charge in [0.05, 0.1) is 12.1 Å². The number of benzene rings is 2. The van der Waals surface area contributed by atoms with Crippen LogP contribution in [-0.4, -0.2) is 12.1 Å². The SMILES string of the molecule is Cc1ccsc1/C=N\NC(=O)C(c1ccccc1)c1ccccc1. The van der Waals surface area contributed by atoms with Gasteiger partial charge in [-0.2, -0.15) is 5.10 Å². The number of carbonyl (C=O) groups excluding carboxylic acids is 1. The Morgan fingerprint density at radius 2 is 1.58 bits per heavy atom. The molecule has 0 fully saturated rings. The minimum Gasteiger partial charge on any atom is -0.272 e. The molecule has 3 nitrogen and oxygen atoms in total. The number of hydrogen-bond donors (Lipinski definition) is 1. The molecule has 1 aromatic heterocycles. The highest BCUT2D eigenvalue weighted by Crippen LogP contribution is 2.24. The van der Waals surface area contributed by atoms with Crippen molar-refractivity contribution in [3.63, 3.8) is 0 Å². The van der Waals surface area contributed by atoms with Crippen molar-refractivity contribution in [2.75, 3.05) is 0 Å². The summed E-state index contributed by atoms with van der Waals surface area (Å²) in [6, 6.07) is 21.5. The van der Waals surface area contributed by atoms with Crippen molar-refractivity contribution in [2.24, 2.45) is 5.10 Å². The molecule has 0 spiro atoms. The Kier molecular flexibility index (Phi) is 5.18. The van der Waals surface area contributed by atoms with Crippen LogP contribution in [0.2, 0.25) is 0 Å². The van der Waals surface area contributed by atoms with Gasteiger partial charge in [0.25, 0.3) is 5.91 Å². The van der Waals surface area contributed by atoms with E-state index in [4.69, 9.17) is 0 Å². The second-order valence-electron chi connectivity index (χ2n) is 5.46. The van der Waals surface area contributed by atoms with E-state index in [1.165, 1.54) is 0 Å². The van der Waals surface area contributed by atoms with E-state index in [1.807, 2.05) is 79.0 Å². The highest BCUT2D eigenvalue weighted by Gasteiger charge is 2.22. The van der Waals surface area contributed by atoms with Gasteiger partial charge >= 0.3 is 0 Å². The number of hydrazone groups is 1. The lowest BCUT2D eigenvalue weighted by Crippen LogP contribution is -2.26. The number of hydrogen-bond acceptors (Lipinski definition) is 3. The maximum absolute atomic E-state index is 12.7. The topological polar surface area (TPSA) is 41.5 Å². The van der Waals surface area contributed by atoms with Crippen molar-refractivity contribution in [2.45, 2.75) is 12.8 Å². The molecule has 0 radical (unpaired) electrons. The number of thiophene rings is 1. The van der Waals surface area contributed by atoms with Crippen LogP contribution in [0.5, 0.6) is 0 Å². The zero-order valence-electron chi connectivity index (χ0n) is 13.3. The third-order valence-corrected chi connectivity index (χ3v) is 4.74. The van der Waals surface area contributed by atoms with E-state index in [1.54, 1.807) is 17.6 Å². The summed E-state index contributed by atoms with van der Waals surface area (Å²) in [5.41, 5.74) is 5.73. The number of aryl methyl sites for hydroxylation is 1. The van der Waals surface area contributed by atoms with E-state index < -0.39 is 0 Å². The minimum atomic E-state index is -0.381. The molecule has 0 aliphatic rings. The predicted octanol–water partition coefficient (Wildman–Crippen LogP) is 4.34. The Morgan fingerprint density at radius 1 is 1.00 bits per heavy atom. The minimum absolute atomic E-state index is 0.141. The molecule has 3 aromatic rings. The van der Waals surface area contributed by atoms with Crippen LogP contribution in [0.1, 0.15) is 27.5 Å². The van der Waals surface area contributed by atoms with E-state index in [-0.39, 0.29) is 11.8 Å². The molecule has 0 saturated heterocycles. The molecule has 120 valence electrons. The van der Waals surface area contributed by atoms with Crippen molar-refractivity contribution < 1.29 is 4.79 Å². The lowest BCUT2D eigenvalue weighted by atomic mass is 9.91. The second-order valence-corrected chi connectivity index (χ2v) is 6.40. The summed E-state index contributed by atoms with van der Waals surface area (Å²) >= 11 is 1.60. The van der Waals surface area contributed by atoms with Gasteiger partial charge in [0.15, 0.2) is 0 Å². The first-order valence-corrected chi connectivity index (χ1v) is 8.60. The van der Waals surface area contributed by atoms with Gasteiger partial charge in [-0.15, -0.1) is 11.3 Å². The molecule has 0 bridgehead atoms. The number of amides is 1. The molecule has 1 amide bonds. The van der Waals surface area contributed by atoms with E-state index in [0.29, 0.717) is 0 Å². The number of carbonyl (C=O) groups is 1. The Balaban J connectivity index is 1.82. The fourth-order valence-corrected chi connectivity index (χ4v) is 3.31. The summed E-state index contributed by atoms with van der Waals surface area (Å²) < 4.78 is 0. The average Bonchev–Trinajstić information content (AvgIpc) is 3.02. The average molecular weight is 334 g/mol. The molecule has 2 aromatic carbocycles. The first-order valence-electron chi connectivity index (χ1n) is 7.72. The van der Waals surface area contributed by atoms with Crippen molar-refractivity contribution in [3.8, 4) is 0 Å². The molecule has 1 heterocycles. The molecule has 0 unspecified atom stereocenters. The Morgan fingerprint density at radius 3 is 2.08 bits per heavy atom. The molecule has 0 aliphatic carbocycles. The highest BCUT2D eigenvalue weighted by molar-refractivity contribution is 7.11. The number of nitrogens with zero attached hydrogens (tertiary/aromatic N) is 1. The Labute approximate surface area is 145 Å². The Bertz CT molecular complexity index is 786. The number of rotatable bonds is 5. The van der Waals surface area contributed by atoms with Gasteiger partial charge in [0.1, 0.15) is 0 Å². The van der Waals surface area contributed by atoms with Gasteiger partial charge in [-0.3, -0.25) is 4.79 Å². The van der Waals surface area contributed by atoms with Crippen LogP contribution >= 0.6 is 11.3 Å². The predicted molar refractivity (Wildman–Crippen MR) is 99.5 cm³/mol.